The van der Waals surface area contributed by atoms with Crippen LogP contribution in [0, 0.1) is 6.92 Å². The van der Waals surface area contributed by atoms with Crippen LogP contribution in [-0.4, -0.2) is 56.0 Å². The molecule has 38 heavy (non-hydrogen) atoms. The van der Waals surface area contributed by atoms with E-state index in [9.17, 15) is 19.5 Å². The Morgan fingerprint density at radius 3 is 2.05 bits per heavy atom. The summed E-state index contributed by atoms with van der Waals surface area (Å²) in [5, 5.41) is 11.5. The topological polar surface area (TPSA) is 124 Å². The third-order valence-electron chi connectivity index (χ3n) is 6.12. The molecule has 0 spiro atoms. The number of carbonyl (C=O) groups excluding carboxylic acids is 3. The van der Waals surface area contributed by atoms with E-state index in [1.807, 2.05) is 0 Å². The van der Waals surface area contributed by atoms with Gasteiger partial charge < -0.3 is 24.1 Å². The van der Waals surface area contributed by atoms with Crippen molar-refractivity contribution in [3.8, 4) is 23.0 Å². The number of Topliss-reactive ketones (excluding diaryl/α,β-unsaturated/α-hetero) is 2. The molecule has 0 bridgehead atoms. The van der Waals surface area contributed by atoms with Crippen molar-refractivity contribution in [1.82, 2.24) is 4.98 Å². The molecule has 2 aromatic carbocycles. The summed E-state index contributed by atoms with van der Waals surface area (Å²) in [7, 11) is 5.85. The van der Waals surface area contributed by atoms with E-state index in [1.165, 1.54) is 40.3 Å². The summed E-state index contributed by atoms with van der Waals surface area (Å²) in [4.78, 5) is 45.0. The minimum absolute atomic E-state index is 0.141. The Morgan fingerprint density at radius 1 is 0.974 bits per heavy atom. The van der Waals surface area contributed by atoms with Crippen LogP contribution >= 0.6 is 11.3 Å². The largest absolute Gasteiger partial charge is 0.507 e. The fourth-order valence-electron chi connectivity index (χ4n) is 4.32. The van der Waals surface area contributed by atoms with Crippen molar-refractivity contribution in [2.45, 2.75) is 19.9 Å². The highest BCUT2D eigenvalue weighted by Gasteiger charge is 2.49. The Bertz CT molecular complexity index is 1430. The zero-order chi connectivity index (χ0) is 27.7. The summed E-state index contributed by atoms with van der Waals surface area (Å²) in [5.41, 5.74) is 0.969. The van der Waals surface area contributed by atoms with E-state index in [4.69, 9.17) is 18.9 Å². The van der Waals surface area contributed by atoms with Gasteiger partial charge >= 0.3 is 5.91 Å². The Morgan fingerprint density at radius 2 is 1.58 bits per heavy atom. The van der Waals surface area contributed by atoms with Crippen molar-refractivity contribution in [2.75, 3.05) is 33.3 Å². The number of methoxy groups -OCH3 is 4. The fraction of sp³-hybridized carbons (Fsp3) is 0.259. The van der Waals surface area contributed by atoms with Gasteiger partial charge in [-0.25, -0.2) is 4.98 Å². The molecule has 0 radical (unpaired) electrons. The Kier molecular flexibility index (Phi) is 7.40. The molecule has 4 rings (SSSR count). The van der Waals surface area contributed by atoms with Crippen LogP contribution in [0.25, 0.3) is 5.76 Å². The molecule has 1 aromatic heterocycles. The summed E-state index contributed by atoms with van der Waals surface area (Å²) in [6.07, 6.45) is 0. The predicted molar refractivity (Wildman–Crippen MR) is 141 cm³/mol. The van der Waals surface area contributed by atoms with Gasteiger partial charge in [-0.05, 0) is 48.9 Å². The number of hydrogen-bond donors (Lipinski definition) is 1. The van der Waals surface area contributed by atoms with Crippen LogP contribution in [0.3, 0.4) is 0 Å². The number of aliphatic hydroxyl groups excluding tert-OH is 1. The normalized spacial score (nSPS) is 16.5. The van der Waals surface area contributed by atoms with Gasteiger partial charge in [0.25, 0.3) is 5.78 Å². The maximum Gasteiger partial charge on any atom is 0.301 e. The Hall–Kier alpha value is -4.38. The molecule has 0 aliphatic carbocycles. The molecule has 2 heterocycles. The van der Waals surface area contributed by atoms with Crippen molar-refractivity contribution >= 4 is 39.7 Å². The van der Waals surface area contributed by atoms with E-state index >= 15 is 0 Å². The standard InChI is InChI=1S/C27H26N2O8S/c1-13-25(14(2)30)38-27(28-13)29-21(16-11-18(35-4)24(37-6)19(12-16)36-5)20(23(32)26(29)33)22(31)15-7-9-17(34-3)10-8-15/h7-12,21,31H,1-6H3. The number of nitrogens with zero attached hydrogens (tertiary/aromatic N) is 2. The molecular formula is C27H26N2O8S. The average molecular weight is 539 g/mol. The smallest absolute Gasteiger partial charge is 0.301 e. The van der Waals surface area contributed by atoms with Crippen molar-refractivity contribution in [3.63, 3.8) is 0 Å². The SMILES string of the molecule is COc1ccc(C(O)=C2C(=O)C(=O)N(c3nc(C)c(C(C)=O)s3)C2c2cc(OC)c(OC)c(OC)c2)cc1. The molecule has 1 amide bonds. The number of benzene rings is 2. The second-order valence-corrected chi connectivity index (χ2v) is 9.30. The number of ketones is 2. The zero-order valence-corrected chi connectivity index (χ0v) is 22.5. The maximum absolute atomic E-state index is 13.5. The van der Waals surface area contributed by atoms with Gasteiger partial charge in [0, 0.05) is 12.5 Å². The molecule has 0 saturated carbocycles. The van der Waals surface area contributed by atoms with Crippen molar-refractivity contribution in [3.05, 3.63) is 63.7 Å². The number of hydrogen-bond acceptors (Lipinski definition) is 10. The minimum atomic E-state index is -1.11. The Labute approximate surface area is 223 Å². The van der Waals surface area contributed by atoms with E-state index in [0.717, 1.165) is 11.3 Å². The number of aromatic nitrogens is 1. The van der Waals surface area contributed by atoms with Crippen LogP contribution in [0.4, 0.5) is 5.13 Å². The van der Waals surface area contributed by atoms with Crippen LogP contribution in [0.1, 0.15) is 39.5 Å². The predicted octanol–water partition coefficient (Wildman–Crippen LogP) is 4.31. The van der Waals surface area contributed by atoms with Crippen molar-refractivity contribution < 1.29 is 38.4 Å². The van der Waals surface area contributed by atoms with E-state index in [1.54, 1.807) is 43.3 Å². The monoisotopic (exact) mass is 538 g/mol. The first-order valence-corrected chi connectivity index (χ1v) is 12.2. The third kappa shape index (κ3) is 4.45. The second kappa shape index (κ2) is 10.5. The van der Waals surface area contributed by atoms with Gasteiger partial charge in [0.1, 0.15) is 11.5 Å². The first-order chi connectivity index (χ1) is 18.2. The molecule has 1 aliphatic heterocycles. The lowest BCUT2D eigenvalue weighted by Crippen LogP contribution is -2.29. The van der Waals surface area contributed by atoms with E-state index < -0.39 is 17.7 Å². The molecule has 1 saturated heterocycles. The molecule has 1 atom stereocenters. The highest BCUT2D eigenvalue weighted by Crippen LogP contribution is 2.48. The summed E-state index contributed by atoms with van der Waals surface area (Å²) < 4.78 is 21.6. The van der Waals surface area contributed by atoms with Crippen molar-refractivity contribution in [1.29, 1.82) is 0 Å². The molecule has 1 aliphatic rings. The van der Waals surface area contributed by atoms with E-state index in [-0.39, 0.29) is 33.7 Å². The van der Waals surface area contributed by atoms with Crippen LogP contribution in [-0.2, 0) is 9.59 Å². The highest BCUT2D eigenvalue weighted by molar-refractivity contribution is 7.18. The number of aliphatic hydroxyl groups is 1. The Balaban J connectivity index is 2.01. The van der Waals surface area contributed by atoms with Crippen LogP contribution in [0.5, 0.6) is 23.0 Å². The lowest BCUT2D eigenvalue weighted by Gasteiger charge is -2.24. The number of amides is 1. The quantitative estimate of drug-likeness (QED) is 0.193. The third-order valence-corrected chi connectivity index (χ3v) is 7.38. The van der Waals surface area contributed by atoms with Gasteiger partial charge in [-0.1, -0.05) is 11.3 Å². The van der Waals surface area contributed by atoms with Gasteiger partial charge in [0.05, 0.1) is 50.6 Å². The van der Waals surface area contributed by atoms with E-state index in [2.05, 4.69) is 4.98 Å². The summed E-state index contributed by atoms with van der Waals surface area (Å²) in [6, 6.07) is 8.49. The lowest BCUT2D eigenvalue weighted by atomic mass is 9.94. The van der Waals surface area contributed by atoms with Gasteiger partial charge in [-0.15, -0.1) is 0 Å². The molecule has 10 nitrogen and oxygen atoms in total. The first-order valence-electron chi connectivity index (χ1n) is 11.4. The van der Waals surface area contributed by atoms with Crippen LogP contribution in [0.15, 0.2) is 42.0 Å². The summed E-state index contributed by atoms with van der Waals surface area (Å²) >= 11 is 0.995. The number of ether oxygens (including phenoxy) is 4. The minimum Gasteiger partial charge on any atom is -0.507 e. The number of carbonyl (C=O) groups is 3. The van der Waals surface area contributed by atoms with Gasteiger partial charge in [0.2, 0.25) is 5.75 Å². The first kappa shape index (κ1) is 26.7. The van der Waals surface area contributed by atoms with Gasteiger partial charge in [-0.3, -0.25) is 19.3 Å². The van der Waals surface area contributed by atoms with Crippen molar-refractivity contribution in [2.24, 2.45) is 0 Å². The summed E-state index contributed by atoms with van der Waals surface area (Å²) in [6.45, 7) is 3.05. The molecule has 1 unspecified atom stereocenters. The molecule has 11 heteroatoms. The lowest BCUT2D eigenvalue weighted by molar-refractivity contribution is -0.132. The molecular weight excluding hydrogens is 512 g/mol. The zero-order valence-electron chi connectivity index (χ0n) is 21.6. The number of thiazole rings is 1. The molecule has 1 N–H and O–H groups in total. The molecule has 1 fully saturated rings. The van der Waals surface area contributed by atoms with Gasteiger partial charge in [0.15, 0.2) is 22.4 Å². The maximum atomic E-state index is 13.5. The number of anilines is 1. The molecule has 198 valence electrons. The van der Waals surface area contributed by atoms with E-state index in [0.29, 0.717) is 33.2 Å². The summed E-state index contributed by atoms with van der Waals surface area (Å²) in [5.74, 6) is -0.962. The number of rotatable bonds is 8. The fourth-order valence-corrected chi connectivity index (χ4v) is 5.31. The highest BCUT2D eigenvalue weighted by atomic mass is 32.1. The van der Waals surface area contributed by atoms with Crippen LogP contribution < -0.4 is 23.8 Å². The van der Waals surface area contributed by atoms with Crippen LogP contribution in [0.2, 0.25) is 0 Å². The number of aryl methyl sites for hydroxylation is 1. The van der Waals surface area contributed by atoms with Gasteiger partial charge in [-0.2, -0.15) is 0 Å². The average Bonchev–Trinajstić information content (AvgIpc) is 3.43. The molecule has 3 aromatic rings. The second-order valence-electron chi connectivity index (χ2n) is 8.32.